The van der Waals surface area contributed by atoms with Crippen LogP contribution in [-0.2, 0) is 10.3 Å². The first-order chi connectivity index (χ1) is 17.1. The van der Waals surface area contributed by atoms with Gasteiger partial charge in [0, 0.05) is 23.7 Å². The summed E-state index contributed by atoms with van der Waals surface area (Å²) >= 11 is 0. The molecule has 2 heterocycles. The fourth-order valence-corrected chi connectivity index (χ4v) is 6.85. The highest BCUT2D eigenvalue weighted by Gasteiger charge is 2.61. The molecule has 9 heteroatoms. The Morgan fingerprint density at radius 1 is 1.17 bits per heavy atom. The fourth-order valence-electron chi connectivity index (χ4n) is 6.85. The van der Waals surface area contributed by atoms with Gasteiger partial charge in [0.15, 0.2) is 12.2 Å². The topological polar surface area (TPSA) is 126 Å². The largest absolute Gasteiger partial charge is 0.508 e. The van der Waals surface area contributed by atoms with Gasteiger partial charge in [0.2, 0.25) is 0 Å². The molecule has 4 N–H and O–H groups in total. The molecule has 9 nitrogen and oxygen atoms in total. The lowest BCUT2D eigenvalue weighted by Gasteiger charge is -2.44. The molecule has 1 amide bonds. The molecule has 3 aliphatic rings. The zero-order valence-corrected chi connectivity index (χ0v) is 20.5. The molecule has 6 rings (SSSR count). The third-order valence-corrected chi connectivity index (χ3v) is 8.91. The van der Waals surface area contributed by atoms with Crippen LogP contribution in [0.25, 0.3) is 11.1 Å². The summed E-state index contributed by atoms with van der Waals surface area (Å²) in [7, 11) is 0. The summed E-state index contributed by atoms with van der Waals surface area (Å²) in [5.41, 5.74) is 1.60. The number of para-hydroxylation sites is 2. The van der Waals surface area contributed by atoms with E-state index in [1.807, 2.05) is 28.8 Å². The number of oxazole rings is 1. The normalized spacial score (nSPS) is 26.0. The van der Waals surface area contributed by atoms with Crippen molar-refractivity contribution in [1.82, 2.24) is 9.88 Å². The van der Waals surface area contributed by atoms with E-state index < -0.39 is 6.10 Å². The summed E-state index contributed by atoms with van der Waals surface area (Å²) in [6.07, 6.45) is 3.63. The van der Waals surface area contributed by atoms with Crippen molar-refractivity contribution in [2.24, 2.45) is 5.41 Å². The highest BCUT2D eigenvalue weighted by atomic mass is 16.5. The first kappa shape index (κ1) is 23.1. The first-order valence-electron chi connectivity index (χ1n) is 12.5. The summed E-state index contributed by atoms with van der Waals surface area (Å²) in [4.78, 5) is 24.6. The average molecular weight is 494 g/mol. The maximum absolute atomic E-state index is 12.9. The molecule has 3 aromatic rings. The number of aromatic nitrogens is 1. The molecule has 0 spiro atoms. The van der Waals surface area contributed by atoms with E-state index >= 15 is 0 Å². The van der Waals surface area contributed by atoms with Crippen molar-refractivity contribution in [2.45, 2.75) is 63.1 Å². The molecule has 2 fully saturated rings. The Labute approximate surface area is 208 Å². The van der Waals surface area contributed by atoms with Crippen LogP contribution in [0, 0.1) is 5.41 Å². The number of amides is 1. The first-order valence-corrected chi connectivity index (χ1v) is 12.5. The number of rotatable bonds is 6. The van der Waals surface area contributed by atoms with Crippen LogP contribution in [0.2, 0.25) is 0 Å². The van der Waals surface area contributed by atoms with E-state index in [2.05, 4.69) is 24.5 Å². The van der Waals surface area contributed by atoms with Gasteiger partial charge in [-0.2, -0.15) is 0 Å². The number of hydrogen-bond donors (Lipinski definition) is 4. The van der Waals surface area contributed by atoms with Crippen LogP contribution in [-0.4, -0.2) is 39.4 Å². The van der Waals surface area contributed by atoms with E-state index in [9.17, 15) is 19.8 Å². The molecule has 190 valence electrons. The Kier molecular flexibility index (Phi) is 5.04. The number of phenols is 1. The van der Waals surface area contributed by atoms with Crippen molar-refractivity contribution in [1.29, 1.82) is 0 Å². The van der Waals surface area contributed by atoms with Crippen molar-refractivity contribution < 1.29 is 24.2 Å². The number of carbonyl (C=O) groups is 1. The van der Waals surface area contributed by atoms with Gasteiger partial charge < -0.3 is 30.0 Å². The molecule has 1 aliphatic heterocycles. The Bertz CT molecular complexity index is 1410. The van der Waals surface area contributed by atoms with Gasteiger partial charge in [-0.3, -0.25) is 9.36 Å². The van der Waals surface area contributed by atoms with Crippen molar-refractivity contribution in [2.75, 3.05) is 18.5 Å². The number of ether oxygens (including phenoxy) is 1. The summed E-state index contributed by atoms with van der Waals surface area (Å²) in [5.74, 6) is -0.275. The van der Waals surface area contributed by atoms with Crippen molar-refractivity contribution in [3.8, 4) is 11.5 Å². The van der Waals surface area contributed by atoms with E-state index in [-0.39, 0.29) is 47.1 Å². The number of aliphatic hydroxyl groups is 1. The van der Waals surface area contributed by atoms with Gasteiger partial charge in [-0.25, -0.2) is 4.79 Å². The van der Waals surface area contributed by atoms with Crippen LogP contribution < -0.4 is 21.1 Å². The van der Waals surface area contributed by atoms with Crippen LogP contribution in [0.15, 0.2) is 45.6 Å². The molecule has 1 aromatic heterocycles. The lowest BCUT2D eigenvalue weighted by molar-refractivity contribution is -0.118. The van der Waals surface area contributed by atoms with E-state index in [0.717, 1.165) is 37.6 Å². The molecule has 0 radical (unpaired) electrons. The van der Waals surface area contributed by atoms with E-state index in [4.69, 9.17) is 9.15 Å². The van der Waals surface area contributed by atoms with Crippen LogP contribution in [0.1, 0.15) is 57.6 Å². The number of hydrogen-bond acceptors (Lipinski definition) is 7. The minimum Gasteiger partial charge on any atom is -0.508 e. The van der Waals surface area contributed by atoms with Crippen LogP contribution in [0.5, 0.6) is 11.5 Å². The minimum absolute atomic E-state index is 0.0484. The molecule has 2 aliphatic carbocycles. The zero-order valence-electron chi connectivity index (χ0n) is 20.5. The second-order valence-electron chi connectivity index (χ2n) is 11.1. The molecule has 2 aromatic carbocycles. The summed E-state index contributed by atoms with van der Waals surface area (Å²) in [5, 5.41) is 27.5. The standard InChI is InChI=1S/C27H31N3O6/c1-25(2,28-13-20(32)17-11-16(31)12-18-23(17)35-14-22(33)29-18)26-7-9-27(15-26,10-8-26)30-19-5-3-4-6-21(19)36-24(30)34/h3-6,11-12,20,28,31-32H,7-10,13-15H2,1-2H3,(H,29,33). The minimum atomic E-state index is -0.954. The van der Waals surface area contributed by atoms with E-state index in [1.165, 1.54) is 12.1 Å². The molecule has 0 saturated heterocycles. The quantitative estimate of drug-likeness (QED) is 0.415. The molecular formula is C27H31N3O6. The molecule has 1 unspecified atom stereocenters. The Morgan fingerprint density at radius 3 is 2.69 bits per heavy atom. The number of nitrogens with zero attached hydrogens (tertiary/aromatic N) is 1. The van der Waals surface area contributed by atoms with Crippen molar-refractivity contribution in [3.63, 3.8) is 0 Å². The average Bonchev–Trinajstić information content (AvgIpc) is 3.52. The number of nitrogens with one attached hydrogen (secondary N) is 2. The highest BCUT2D eigenvalue weighted by Crippen LogP contribution is 2.64. The highest BCUT2D eigenvalue weighted by molar-refractivity contribution is 5.96. The third kappa shape index (κ3) is 3.37. The number of benzene rings is 2. The van der Waals surface area contributed by atoms with Crippen molar-refractivity contribution in [3.05, 3.63) is 52.5 Å². The van der Waals surface area contributed by atoms with Gasteiger partial charge in [0.05, 0.1) is 22.8 Å². The number of aliphatic hydroxyl groups excluding tert-OH is 1. The lowest BCUT2D eigenvalue weighted by atomic mass is 9.69. The molecular weight excluding hydrogens is 462 g/mol. The second kappa shape index (κ2) is 7.85. The smallest absolute Gasteiger partial charge is 0.420 e. The number of fused-ring (bicyclic) bond motifs is 4. The predicted octanol–water partition coefficient (Wildman–Crippen LogP) is 3.39. The summed E-state index contributed by atoms with van der Waals surface area (Å²) in [6, 6.07) is 10.5. The molecule has 1 atom stereocenters. The maximum atomic E-state index is 12.9. The van der Waals surface area contributed by atoms with Gasteiger partial charge in [0.1, 0.15) is 11.5 Å². The van der Waals surface area contributed by atoms with Gasteiger partial charge >= 0.3 is 5.76 Å². The fraction of sp³-hybridized carbons (Fsp3) is 0.481. The number of phenolic OH excluding ortho intramolecular Hbond substituents is 1. The Balaban J connectivity index is 1.23. The monoisotopic (exact) mass is 493 g/mol. The van der Waals surface area contributed by atoms with E-state index in [0.29, 0.717) is 22.6 Å². The number of β-amino-alcohol motifs (C(OH)–C–C–N with tert-alkyl or cyclic N) is 1. The Hall–Kier alpha value is -3.30. The molecule has 2 saturated carbocycles. The van der Waals surface area contributed by atoms with Crippen LogP contribution in [0.3, 0.4) is 0 Å². The predicted molar refractivity (Wildman–Crippen MR) is 133 cm³/mol. The number of anilines is 1. The van der Waals surface area contributed by atoms with Crippen molar-refractivity contribution >= 4 is 22.7 Å². The van der Waals surface area contributed by atoms with Gasteiger partial charge in [-0.05, 0) is 69.6 Å². The number of carbonyl (C=O) groups excluding carboxylic acids is 1. The summed E-state index contributed by atoms with van der Waals surface area (Å²) in [6.45, 7) is 4.42. The third-order valence-electron chi connectivity index (χ3n) is 8.91. The SMILES string of the molecule is CC(C)(NCC(O)c1cc(O)cc2c1OCC(=O)N2)C12CCC(n3c(=O)oc4ccccc43)(CC1)C2. The van der Waals surface area contributed by atoms with Gasteiger partial charge in [-0.15, -0.1) is 0 Å². The molecule has 2 bridgehead atoms. The Morgan fingerprint density at radius 2 is 1.92 bits per heavy atom. The van der Waals surface area contributed by atoms with E-state index in [1.54, 1.807) is 0 Å². The lowest BCUT2D eigenvalue weighted by Crippen LogP contribution is -2.53. The van der Waals surface area contributed by atoms with Gasteiger partial charge in [0.25, 0.3) is 5.91 Å². The van der Waals surface area contributed by atoms with Crippen LogP contribution >= 0.6 is 0 Å². The zero-order chi connectivity index (χ0) is 25.3. The van der Waals surface area contributed by atoms with Gasteiger partial charge in [-0.1, -0.05) is 12.1 Å². The molecule has 36 heavy (non-hydrogen) atoms. The number of aromatic hydroxyl groups is 1. The summed E-state index contributed by atoms with van der Waals surface area (Å²) < 4.78 is 13.0. The van der Waals surface area contributed by atoms with Crippen LogP contribution in [0.4, 0.5) is 5.69 Å². The maximum Gasteiger partial charge on any atom is 0.420 e. The second-order valence-corrected chi connectivity index (χ2v) is 11.1.